The highest BCUT2D eigenvalue weighted by Crippen LogP contribution is 2.13. The third-order valence-corrected chi connectivity index (χ3v) is 2.23. The molecule has 0 aromatic heterocycles. The summed E-state index contributed by atoms with van der Waals surface area (Å²) in [6, 6.07) is 8.26. The Morgan fingerprint density at radius 2 is 2.14 bits per heavy atom. The monoisotopic (exact) mass is 193 g/mol. The van der Waals surface area contributed by atoms with Crippen LogP contribution in [0.1, 0.15) is 18.1 Å². The van der Waals surface area contributed by atoms with E-state index in [2.05, 4.69) is 30.4 Å². The molecule has 1 aromatic carbocycles. The maximum absolute atomic E-state index is 10.00. The number of benzene rings is 1. The Morgan fingerprint density at radius 1 is 1.43 bits per heavy atom. The Bertz CT molecular complexity index is 294. The zero-order valence-electron chi connectivity index (χ0n) is 9.17. The topological polar surface area (TPSA) is 32.3 Å². The van der Waals surface area contributed by atoms with Gasteiger partial charge in [-0.3, -0.25) is 0 Å². The molecule has 2 heteroatoms. The fourth-order valence-electron chi connectivity index (χ4n) is 1.71. The molecule has 0 fully saturated rings. The molecular weight excluding hydrogens is 174 g/mol. The molecule has 1 rings (SSSR count). The van der Waals surface area contributed by atoms with Crippen LogP contribution in [0.5, 0.6) is 0 Å². The second-order valence-electron chi connectivity index (χ2n) is 4.19. The van der Waals surface area contributed by atoms with E-state index < -0.39 is 5.60 Å². The number of hydrogen-bond acceptors (Lipinski definition) is 2. The second-order valence-corrected chi connectivity index (χ2v) is 4.19. The van der Waals surface area contributed by atoms with Crippen LogP contribution in [0.15, 0.2) is 24.3 Å². The lowest BCUT2D eigenvalue weighted by molar-refractivity contribution is 0.0622. The molecule has 14 heavy (non-hydrogen) atoms. The maximum atomic E-state index is 10.00. The summed E-state index contributed by atoms with van der Waals surface area (Å²) in [5.41, 5.74) is 1.76. The standard InChI is InChI=1S/C12H19NO/c1-10-5-4-6-11(7-10)8-12(2,14)9-13-3/h4-7,13-14H,8-9H2,1-3H3. The van der Waals surface area contributed by atoms with Crippen LogP contribution in [-0.4, -0.2) is 24.3 Å². The van der Waals surface area contributed by atoms with Crippen molar-refractivity contribution in [3.63, 3.8) is 0 Å². The van der Waals surface area contributed by atoms with Gasteiger partial charge in [0.05, 0.1) is 5.60 Å². The lowest BCUT2D eigenvalue weighted by atomic mass is 9.96. The largest absolute Gasteiger partial charge is 0.389 e. The van der Waals surface area contributed by atoms with Gasteiger partial charge in [-0.2, -0.15) is 0 Å². The van der Waals surface area contributed by atoms with Crippen LogP contribution >= 0.6 is 0 Å². The first-order chi connectivity index (χ1) is 6.53. The van der Waals surface area contributed by atoms with Crippen LogP contribution in [0.2, 0.25) is 0 Å². The van der Waals surface area contributed by atoms with Gasteiger partial charge in [-0.1, -0.05) is 29.8 Å². The van der Waals surface area contributed by atoms with E-state index in [9.17, 15) is 5.11 Å². The van der Waals surface area contributed by atoms with Gasteiger partial charge >= 0.3 is 0 Å². The summed E-state index contributed by atoms with van der Waals surface area (Å²) in [4.78, 5) is 0. The zero-order chi connectivity index (χ0) is 10.6. The van der Waals surface area contributed by atoms with Crippen molar-refractivity contribution in [3.05, 3.63) is 35.4 Å². The summed E-state index contributed by atoms with van der Waals surface area (Å²) >= 11 is 0. The highest BCUT2D eigenvalue weighted by molar-refractivity contribution is 5.23. The fraction of sp³-hybridized carbons (Fsp3) is 0.500. The first-order valence-electron chi connectivity index (χ1n) is 4.96. The SMILES string of the molecule is CNCC(C)(O)Cc1cccc(C)c1. The molecule has 0 aliphatic heterocycles. The molecule has 0 bridgehead atoms. The molecule has 0 aliphatic rings. The number of nitrogens with one attached hydrogen (secondary N) is 1. The van der Waals surface area contributed by atoms with Gasteiger partial charge in [-0.25, -0.2) is 0 Å². The van der Waals surface area contributed by atoms with Crippen molar-refractivity contribution in [3.8, 4) is 0 Å². The van der Waals surface area contributed by atoms with Crippen LogP contribution in [0.25, 0.3) is 0 Å². The molecule has 0 heterocycles. The molecule has 0 aliphatic carbocycles. The lowest BCUT2D eigenvalue weighted by Crippen LogP contribution is -2.38. The molecule has 1 unspecified atom stereocenters. The Hall–Kier alpha value is -0.860. The highest BCUT2D eigenvalue weighted by atomic mass is 16.3. The van der Waals surface area contributed by atoms with E-state index in [4.69, 9.17) is 0 Å². The van der Waals surface area contributed by atoms with Crippen molar-refractivity contribution in [1.82, 2.24) is 5.32 Å². The number of aryl methyl sites for hydroxylation is 1. The van der Waals surface area contributed by atoms with Gasteiger partial charge in [-0.05, 0) is 26.5 Å². The van der Waals surface area contributed by atoms with Crippen molar-refractivity contribution in [2.75, 3.05) is 13.6 Å². The van der Waals surface area contributed by atoms with Gasteiger partial charge in [-0.15, -0.1) is 0 Å². The molecule has 0 spiro atoms. The quantitative estimate of drug-likeness (QED) is 0.759. The Labute approximate surface area is 86.0 Å². The van der Waals surface area contributed by atoms with E-state index in [1.165, 1.54) is 11.1 Å². The minimum atomic E-state index is -0.664. The number of rotatable bonds is 4. The third kappa shape index (κ3) is 3.48. The van der Waals surface area contributed by atoms with Crippen molar-refractivity contribution in [1.29, 1.82) is 0 Å². The van der Waals surface area contributed by atoms with E-state index in [-0.39, 0.29) is 0 Å². The molecule has 0 radical (unpaired) electrons. The molecule has 0 amide bonds. The van der Waals surface area contributed by atoms with E-state index in [0.717, 1.165) is 0 Å². The van der Waals surface area contributed by atoms with E-state index in [1.807, 2.05) is 20.0 Å². The average molecular weight is 193 g/mol. The molecule has 1 atom stereocenters. The first kappa shape index (κ1) is 11.2. The van der Waals surface area contributed by atoms with Gasteiger partial charge in [0, 0.05) is 13.0 Å². The van der Waals surface area contributed by atoms with Crippen molar-refractivity contribution in [2.45, 2.75) is 25.9 Å². The number of hydrogen-bond donors (Lipinski definition) is 2. The van der Waals surface area contributed by atoms with E-state index in [0.29, 0.717) is 13.0 Å². The van der Waals surface area contributed by atoms with Crippen molar-refractivity contribution < 1.29 is 5.11 Å². The average Bonchev–Trinajstić information content (AvgIpc) is 2.02. The van der Waals surface area contributed by atoms with Crippen LogP contribution in [0.3, 0.4) is 0 Å². The van der Waals surface area contributed by atoms with Gasteiger partial charge in [0.15, 0.2) is 0 Å². The normalized spacial score (nSPS) is 15.1. The predicted molar refractivity (Wildman–Crippen MR) is 59.4 cm³/mol. The van der Waals surface area contributed by atoms with Crippen LogP contribution in [0, 0.1) is 6.92 Å². The van der Waals surface area contributed by atoms with Crippen molar-refractivity contribution >= 4 is 0 Å². The Kier molecular flexibility index (Phi) is 3.67. The molecule has 1 aromatic rings. The third-order valence-electron chi connectivity index (χ3n) is 2.23. The second kappa shape index (κ2) is 4.58. The summed E-state index contributed by atoms with van der Waals surface area (Å²) in [5, 5.41) is 13.0. The Morgan fingerprint density at radius 3 is 2.71 bits per heavy atom. The van der Waals surface area contributed by atoms with Gasteiger partial charge in [0.2, 0.25) is 0 Å². The van der Waals surface area contributed by atoms with Crippen LogP contribution in [-0.2, 0) is 6.42 Å². The zero-order valence-corrected chi connectivity index (χ0v) is 9.17. The minimum Gasteiger partial charge on any atom is -0.389 e. The smallest absolute Gasteiger partial charge is 0.0783 e. The molecule has 78 valence electrons. The summed E-state index contributed by atoms with van der Waals surface area (Å²) in [7, 11) is 1.85. The van der Waals surface area contributed by atoms with Crippen LogP contribution < -0.4 is 5.32 Å². The fourth-order valence-corrected chi connectivity index (χ4v) is 1.71. The van der Waals surface area contributed by atoms with Gasteiger partial charge < -0.3 is 10.4 Å². The summed E-state index contributed by atoms with van der Waals surface area (Å²) in [6.07, 6.45) is 0.690. The summed E-state index contributed by atoms with van der Waals surface area (Å²) in [6.45, 7) is 4.53. The maximum Gasteiger partial charge on any atom is 0.0783 e. The summed E-state index contributed by atoms with van der Waals surface area (Å²) < 4.78 is 0. The molecule has 0 saturated heterocycles. The molecule has 2 nitrogen and oxygen atoms in total. The van der Waals surface area contributed by atoms with E-state index in [1.54, 1.807) is 0 Å². The van der Waals surface area contributed by atoms with Crippen molar-refractivity contribution in [2.24, 2.45) is 0 Å². The molecular formula is C12H19NO. The molecule has 2 N–H and O–H groups in total. The highest BCUT2D eigenvalue weighted by Gasteiger charge is 2.19. The Balaban J connectivity index is 2.68. The summed E-state index contributed by atoms with van der Waals surface area (Å²) in [5.74, 6) is 0. The van der Waals surface area contributed by atoms with Gasteiger partial charge in [0.1, 0.15) is 0 Å². The number of likely N-dealkylation sites (N-methyl/N-ethyl adjacent to an activating group) is 1. The van der Waals surface area contributed by atoms with Gasteiger partial charge in [0.25, 0.3) is 0 Å². The number of aliphatic hydroxyl groups is 1. The minimum absolute atomic E-state index is 0.612. The van der Waals surface area contributed by atoms with E-state index >= 15 is 0 Å². The van der Waals surface area contributed by atoms with Crippen LogP contribution in [0.4, 0.5) is 0 Å². The first-order valence-corrected chi connectivity index (χ1v) is 4.96. The molecule has 0 saturated carbocycles. The predicted octanol–water partition coefficient (Wildman–Crippen LogP) is 1.51. The lowest BCUT2D eigenvalue weighted by Gasteiger charge is -2.23.